The molecular formula is C14H23NO4. The summed E-state index contributed by atoms with van der Waals surface area (Å²) in [4.78, 5) is 35.9. The lowest BCUT2D eigenvalue weighted by Gasteiger charge is -2.30. The average molecular weight is 269 g/mol. The molecule has 1 fully saturated rings. The minimum atomic E-state index is -0.193. The van der Waals surface area contributed by atoms with Crippen LogP contribution in [0.5, 0.6) is 0 Å². The Bertz CT molecular complexity index is 345. The van der Waals surface area contributed by atoms with Gasteiger partial charge in [-0.3, -0.25) is 19.3 Å². The molecule has 0 bridgehead atoms. The van der Waals surface area contributed by atoms with Crippen LogP contribution >= 0.6 is 0 Å². The second-order valence-corrected chi connectivity index (χ2v) is 5.12. The Morgan fingerprint density at radius 1 is 1.16 bits per heavy atom. The molecule has 0 N–H and O–H groups in total. The number of ether oxygens (including phenoxy) is 1. The lowest BCUT2D eigenvalue weighted by Crippen LogP contribution is -2.39. The Morgan fingerprint density at radius 3 is 2.16 bits per heavy atom. The van der Waals surface area contributed by atoms with Crippen LogP contribution < -0.4 is 0 Å². The summed E-state index contributed by atoms with van der Waals surface area (Å²) in [6.45, 7) is 3.66. The highest BCUT2D eigenvalue weighted by Crippen LogP contribution is 2.30. The first-order valence-corrected chi connectivity index (χ1v) is 6.88. The van der Waals surface area contributed by atoms with Gasteiger partial charge in [0.2, 0.25) is 11.8 Å². The van der Waals surface area contributed by atoms with Crippen molar-refractivity contribution >= 4 is 17.8 Å². The van der Waals surface area contributed by atoms with Gasteiger partial charge in [-0.05, 0) is 31.6 Å². The van der Waals surface area contributed by atoms with E-state index in [4.69, 9.17) is 4.74 Å². The molecule has 1 aliphatic rings. The van der Waals surface area contributed by atoms with E-state index in [1.54, 1.807) is 6.92 Å². The van der Waals surface area contributed by atoms with Crippen molar-refractivity contribution in [3.8, 4) is 0 Å². The van der Waals surface area contributed by atoms with Gasteiger partial charge >= 0.3 is 5.97 Å². The van der Waals surface area contributed by atoms with E-state index < -0.39 is 0 Å². The summed E-state index contributed by atoms with van der Waals surface area (Å²) in [5.41, 5.74) is 0. The minimum Gasteiger partial charge on any atom is -0.469 e. The van der Waals surface area contributed by atoms with Crippen molar-refractivity contribution in [2.24, 2.45) is 11.8 Å². The molecular weight excluding hydrogens is 246 g/mol. The van der Waals surface area contributed by atoms with Crippen molar-refractivity contribution < 1.29 is 19.1 Å². The van der Waals surface area contributed by atoms with Gasteiger partial charge < -0.3 is 4.74 Å². The largest absolute Gasteiger partial charge is 0.469 e. The van der Waals surface area contributed by atoms with Crippen molar-refractivity contribution in [3.05, 3.63) is 0 Å². The number of methoxy groups -OCH3 is 1. The number of hydrogen-bond donors (Lipinski definition) is 0. The zero-order chi connectivity index (χ0) is 14.4. The fourth-order valence-electron chi connectivity index (χ4n) is 2.60. The lowest BCUT2D eigenvalue weighted by molar-refractivity contribution is -0.148. The predicted octanol–water partition coefficient (Wildman–Crippen LogP) is 1.75. The molecule has 5 nitrogen and oxygen atoms in total. The maximum atomic E-state index is 11.7. The van der Waals surface area contributed by atoms with E-state index >= 15 is 0 Å². The third-order valence-electron chi connectivity index (χ3n) is 3.81. The third-order valence-corrected chi connectivity index (χ3v) is 3.81. The maximum Gasteiger partial charge on any atom is 0.308 e. The number of rotatable bonds is 4. The van der Waals surface area contributed by atoms with Crippen LogP contribution in [0.4, 0.5) is 0 Å². The van der Waals surface area contributed by atoms with Gasteiger partial charge in [0.25, 0.3) is 0 Å². The van der Waals surface area contributed by atoms with Gasteiger partial charge in [0, 0.05) is 19.9 Å². The summed E-state index contributed by atoms with van der Waals surface area (Å²) in [5, 5.41) is 0. The highest BCUT2D eigenvalue weighted by atomic mass is 16.5. The normalized spacial score (nSPS) is 22.7. The fraction of sp³-hybridized carbons (Fsp3) is 0.786. The van der Waals surface area contributed by atoms with E-state index in [0.29, 0.717) is 18.9 Å². The maximum absolute atomic E-state index is 11.7. The van der Waals surface area contributed by atoms with Gasteiger partial charge in [-0.25, -0.2) is 0 Å². The molecule has 0 radical (unpaired) electrons. The Hall–Kier alpha value is -1.39. The second kappa shape index (κ2) is 7.26. The Balaban J connectivity index is 2.49. The van der Waals surface area contributed by atoms with Gasteiger partial charge in [-0.1, -0.05) is 6.92 Å². The topological polar surface area (TPSA) is 63.7 Å². The van der Waals surface area contributed by atoms with Crippen LogP contribution in [0.1, 0.15) is 46.0 Å². The molecule has 1 rings (SSSR count). The number of imide groups is 1. The van der Waals surface area contributed by atoms with E-state index in [9.17, 15) is 14.4 Å². The molecule has 0 aliphatic heterocycles. The summed E-state index contributed by atoms with van der Waals surface area (Å²) in [6, 6.07) is 0. The Kier molecular flexibility index (Phi) is 5.99. The molecule has 2 amide bonds. The smallest absolute Gasteiger partial charge is 0.308 e. The fourth-order valence-corrected chi connectivity index (χ4v) is 2.60. The Labute approximate surface area is 114 Å². The van der Waals surface area contributed by atoms with Crippen LogP contribution in [0, 0.1) is 11.8 Å². The van der Waals surface area contributed by atoms with Crippen molar-refractivity contribution in [1.82, 2.24) is 4.90 Å². The molecule has 0 saturated heterocycles. The number of amides is 2. The van der Waals surface area contributed by atoms with Crippen LogP contribution in [0.3, 0.4) is 0 Å². The Morgan fingerprint density at radius 2 is 1.74 bits per heavy atom. The summed E-state index contributed by atoms with van der Waals surface area (Å²) in [7, 11) is 1.41. The van der Waals surface area contributed by atoms with Gasteiger partial charge in [0.15, 0.2) is 0 Å². The van der Waals surface area contributed by atoms with E-state index in [2.05, 4.69) is 0 Å². The number of nitrogens with zero attached hydrogens (tertiary/aromatic N) is 1. The van der Waals surface area contributed by atoms with Gasteiger partial charge in [0.1, 0.15) is 0 Å². The predicted molar refractivity (Wildman–Crippen MR) is 70.1 cm³/mol. The molecule has 0 heterocycles. The van der Waals surface area contributed by atoms with Crippen LogP contribution in [-0.4, -0.2) is 36.3 Å². The number of carbonyl (C=O) groups excluding carboxylic acids is 3. The second-order valence-electron chi connectivity index (χ2n) is 5.12. The molecule has 0 atom stereocenters. The zero-order valence-electron chi connectivity index (χ0n) is 12.0. The van der Waals surface area contributed by atoms with Crippen LogP contribution in [-0.2, 0) is 19.1 Å². The first kappa shape index (κ1) is 15.7. The number of carbonyl (C=O) groups is 3. The summed E-state index contributed by atoms with van der Waals surface area (Å²) in [6.07, 6.45) is 3.63. The van der Waals surface area contributed by atoms with Gasteiger partial charge in [0.05, 0.1) is 13.0 Å². The summed E-state index contributed by atoms with van der Waals surface area (Å²) in [5.74, 6) is -0.176. The number of hydrogen-bond acceptors (Lipinski definition) is 4. The van der Waals surface area contributed by atoms with Crippen molar-refractivity contribution in [2.75, 3.05) is 13.7 Å². The third kappa shape index (κ3) is 4.33. The van der Waals surface area contributed by atoms with Crippen molar-refractivity contribution in [3.63, 3.8) is 0 Å². The first-order chi connectivity index (χ1) is 8.99. The zero-order valence-corrected chi connectivity index (χ0v) is 12.0. The quantitative estimate of drug-likeness (QED) is 0.729. The van der Waals surface area contributed by atoms with Crippen LogP contribution in [0.2, 0.25) is 0 Å². The van der Waals surface area contributed by atoms with E-state index in [0.717, 1.165) is 25.7 Å². The number of esters is 1. The highest BCUT2D eigenvalue weighted by molar-refractivity contribution is 5.94. The van der Waals surface area contributed by atoms with Crippen molar-refractivity contribution in [2.45, 2.75) is 46.0 Å². The van der Waals surface area contributed by atoms with E-state index in [1.165, 1.54) is 18.9 Å². The van der Waals surface area contributed by atoms with Crippen LogP contribution in [0.15, 0.2) is 0 Å². The SMILES string of the molecule is CCC(=O)N(CC1CCC(C(=O)OC)CC1)C(C)=O. The summed E-state index contributed by atoms with van der Waals surface area (Å²) >= 11 is 0. The minimum absolute atomic E-state index is 0.0195. The molecule has 0 unspecified atom stereocenters. The first-order valence-electron chi connectivity index (χ1n) is 6.88. The van der Waals surface area contributed by atoms with Crippen molar-refractivity contribution in [1.29, 1.82) is 0 Å². The molecule has 1 aliphatic carbocycles. The molecule has 5 heteroatoms. The molecule has 19 heavy (non-hydrogen) atoms. The lowest BCUT2D eigenvalue weighted by atomic mass is 9.81. The molecule has 1 saturated carbocycles. The van der Waals surface area contributed by atoms with Gasteiger partial charge in [-0.2, -0.15) is 0 Å². The average Bonchev–Trinajstić information content (AvgIpc) is 2.43. The summed E-state index contributed by atoms with van der Waals surface area (Å²) < 4.78 is 4.74. The van der Waals surface area contributed by atoms with Crippen LogP contribution in [0.25, 0.3) is 0 Å². The van der Waals surface area contributed by atoms with E-state index in [-0.39, 0.29) is 23.7 Å². The molecule has 108 valence electrons. The highest BCUT2D eigenvalue weighted by Gasteiger charge is 2.29. The monoisotopic (exact) mass is 269 g/mol. The molecule has 0 aromatic rings. The molecule has 0 aromatic carbocycles. The molecule has 0 spiro atoms. The van der Waals surface area contributed by atoms with Gasteiger partial charge in [-0.15, -0.1) is 0 Å². The van der Waals surface area contributed by atoms with E-state index in [1.807, 2.05) is 0 Å². The molecule has 0 aromatic heterocycles. The standard InChI is InChI=1S/C14H23NO4/c1-4-13(17)15(10(2)16)9-11-5-7-12(8-6-11)14(18)19-3/h11-12H,4-9H2,1-3H3.